The highest BCUT2D eigenvalue weighted by molar-refractivity contribution is 6.33. The fraction of sp³-hybridized carbons (Fsp3) is 0.250. The average molecular weight is 495 g/mol. The largest absolute Gasteiger partial charge is 0.491 e. The Morgan fingerprint density at radius 2 is 1.76 bits per heavy atom. The number of hydrogen-bond acceptors (Lipinski definition) is 5. The molecule has 0 saturated heterocycles. The van der Waals surface area contributed by atoms with Gasteiger partial charge in [-0.3, -0.25) is 10.1 Å². The number of rotatable bonds is 10. The van der Waals surface area contributed by atoms with Crippen molar-refractivity contribution in [3.63, 3.8) is 0 Å². The maximum atomic E-state index is 13.3. The SMILES string of the molecule is O=[N+]([O-])c1ccc(OCC(O)CNCCc2ccc(-c3ccccc3C(F)(F)F)c(Cl)c2)cc1. The molecule has 3 aromatic rings. The van der Waals surface area contributed by atoms with Gasteiger partial charge in [-0.05, 0) is 48.4 Å². The minimum atomic E-state index is -4.48. The van der Waals surface area contributed by atoms with E-state index in [1.807, 2.05) is 0 Å². The number of nitro benzene ring substituents is 1. The van der Waals surface area contributed by atoms with Gasteiger partial charge in [0.2, 0.25) is 0 Å². The molecule has 3 rings (SSSR count). The second kappa shape index (κ2) is 11.3. The lowest BCUT2D eigenvalue weighted by atomic mass is 9.97. The van der Waals surface area contributed by atoms with Crippen LogP contribution in [0.25, 0.3) is 11.1 Å². The summed E-state index contributed by atoms with van der Waals surface area (Å²) >= 11 is 6.29. The van der Waals surface area contributed by atoms with Crippen LogP contribution < -0.4 is 10.1 Å². The van der Waals surface area contributed by atoms with Crippen LogP contribution in [0, 0.1) is 10.1 Å². The number of nitro groups is 1. The zero-order chi connectivity index (χ0) is 24.7. The molecule has 0 aromatic heterocycles. The van der Waals surface area contributed by atoms with Crippen molar-refractivity contribution in [2.24, 2.45) is 0 Å². The molecule has 0 aliphatic rings. The quantitative estimate of drug-likeness (QED) is 0.221. The van der Waals surface area contributed by atoms with Crippen molar-refractivity contribution < 1.29 is 27.9 Å². The highest BCUT2D eigenvalue weighted by atomic mass is 35.5. The molecule has 180 valence electrons. The van der Waals surface area contributed by atoms with Crippen LogP contribution in [-0.4, -0.2) is 35.8 Å². The average Bonchev–Trinajstić information content (AvgIpc) is 2.80. The van der Waals surface area contributed by atoms with Gasteiger partial charge in [0.25, 0.3) is 5.69 Å². The van der Waals surface area contributed by atoms with Crippen LogP contribution >= 0.6 is 11.6 Å². The van der Waals surface area contributed by atoms with Crippen molar-refractivity contribution in [2.45, 2.75) is 18.7 Å². The molecule has 0 heterocycles. The molecule has 0 aliphatic heterocycles. The van der Waals surface area contributed by atoms with Crippen LogP contribution in [0.3, 0.4) is 0 Å². The summed E-state index contributed by atoms with van der Waals surface area (Å²) in [4.78, 5) is 10.1. The first kappa shape index (κ1) is 25.5. The highest BCUT2D eigenvalue weighted by Gasteiger charge is 2.33. The van der Waals surface area contributed by atoms with Gasteiger partial charge in [-0.2, -0.15) is 13.2 Å². The lowest BCUT2D eigenvalue weighted by Gasteiger charge is -2.15. The van der Waals surface area contributed by atoms with Crippen molar-refractivity contribution in [1.82, 2.24) is 5.32 Å². The second-order valence-electron chi connectivity index (χ2n) is 7.53. The van der Waals surface area contributed by atoms with Crippen LogP contribution in [0.15, 0.2) is 66.7 Å². The van der Waals surface area contributed by atoms with Crippen molar-refractivity contribution in [1.29, 1.82) is 0 Å². The van der Waals surface area contributed by atoms with E-state index in [0.29, 0.717) is 24.3 Å². The minimum Gasteiger partial charge on any atom is -0.491 e. The Balaban J connectivity index is 1.47. The summed E-state index contributed by atoms with van der Waals surface area (Å²) in [6.45, 7) is 0.755. The lowest BCUT2D eigenvalue weighted by Crippen LogP contribution is -2.32. The fourth-order valence-electron chi connectivity index (χ4n) is 3.31. The molecule has 10 heteroatoms. The van der Waals surface area contributed by atoms with Gasteiger partial charge in [-0.15, -0.1) is 0 Å². The minimum absolute atomic E-state index is 0.00392. The number of nitrogens with zero attached hydrogens (tertiary/aromatic N) is 1. The number of non-ortho nitro benzene ring substituents is 1. The summed E-state index contributed by atoms with van der Waals surface area (Å²) in [5.74, 6) is 0.409. The zero-order valence-corrected chi connectivity index (χ0v) is 18.6. The van der Waals surface area contributed by atoms with E-state index in [-0.39, 0.29) is 29.4 Å². The maximum absolute atomic E-state index is 13.3. The van der Waals surface area contributed by atoms with E-state index < -0.39 is 22.8 Å². The van der Waals surface area contributed by atoms with Gasteiger partial charge in [0.05, 0.1) is 10.5 Å². The number of ether oxygens (including phenoxy) is 1. The third-order valence-corrected chi connectivity index (χ3v) is 5.33. The van der Waals surface area contributed by atoms with Crippen molar-refractivity contribution in [3.8, 4) is 16.9 Å². The Labute approximate surface area is 199 Å². The first-order valence-corrected chi connectivity index (χ1v) is 10.7. The number of hydrogen-bond donors (Lipinski definition) is 2. The van der Waals surface area contributed by atoms with E-state index in [4.69, 9.17) is 16.3 Å². The van der Waals surface area contributed by atoms with Crippen molar-refractivity contribution in [3.05, 3.63) is 93.0 Å². The lowest BCUT2D eigenvalue weighted by molar-refractivity contribution is -0.384. The Kier molecular flexibility index (Phi) is 8.49. The van der Waals surface area contributed by atoms with Gasteiger partial charge in [0.1, 0.15) is 18.5 Å². The topological polar surface area (TPSA) is 84.6 Å². The van der Waals surface area contributed by atoms with Crippen molar-refractivity contribution >= 4 is 17.3 Å². The summed E-state index contributed by atoms with van der Waals surface area (Å²) in [5, 5.41) is 24.0. The van der Waals surface area contributed by atoms with E-state index in [1.54, 1.807) is 18.2 Å². The molecule has 1 atom stereocenters. The fourth-order valence-corrected chi connectivity index (χ4v) is 3.62. The number of benzene rings is 3. The standard InChI is InChI=1S/C24H22ClF3N2O4/c25-23-13-16(5-10-21(23)20-3-1-2-4-22(20)24(26,27)28)11-12-29-14-18(31)15-34-19-8-6-17(7-9-19)30(32)33/h1-10,13,18,29,31H,11-12,14-15H2. The molecule has 0 bridgehead atoms. The van der Waals surface area contributed by atoms with Gasteiger partial charge in [0, 0.05) is 29.3 Å². The molecule has 2 N–H and O–H groups in total. The van der Waals surface area contributed by atoms with Crippen molar-refractivity contribution in [2.75, 3.05) is 19.7 Å². The number of nitrogens with one attached hydrogen (secondary N) is 1. The van der Waals surface area contributed by atoms with E-state index in [0.717, 1.165) is 11.6 Å². The zero-order valence-electron chi connectivity index (χ0n) is 17.9. The maximum Gasteiger partial charge on any atom is 0.417 e. The van der Waals surface area contributed by atoms with Gasteiger partial charge in [0.15, 0.2) is 0 Å². The number of aliphatic hydroxyl groups excluding tert-OH is 1. The second-order valence-corrected chi connectivity index (χ2v) is 7.93. The van der Waals surface area contributed by atoms with Crippen LogP contribution in [0.1, 0.15) is 11.1 Å². The molecule has 0 saturated carbocycles. The van der Waals surface area contributed by atoms with E-state index in [9.17, 15) is 28.4 Å². The van der Waals surface area contributed by atoms with E-state index in [2.05, 4.69) is 5.32 Å². The Bertz CT molecular complexity index is 1120. The molecular weight excluding hydrogens is 473 g/mol. The molecular formula is C24H22ClF3N2O4. The number of halogens is 4. The molecule has 0 spiro atoms. The van der Waals surface area contributed by atoms with Gasteiger partial charge < -0.3 is 15.2 Å². The normalized spacial score (nSPS) is 12.4. The molecule has 1 unspecified atom stereocenters. The Morgan fingerprint density at radius 3 is 2.41 bits per heavy atom. The first-order chi connectivity index (χ1) is 16.1. The van der Waals surface area contributed by atoms with Crippen LogP contribution in [0.2, 0.25) is 5.02 Å². The number of alkyl halides is 3. The Morgan fingerprint density at radius 1 is 1.06 bits per heavy atom. The van der Waals surface area contributed by atoms with Crippen LogP contribution in [-0.2, 0) is 12.6 Å². The smallest absolute Gasteiger partial charge is 0.417 e. The molecule has 0 amide bonds. The molecule has 34 heavy (non-hydrogen) atoms. The van der Waals surface area contributed by atoms with Crippen LogP contribution in [0.4, 0.5) is 18.9 Å². The summed E-state index contributed by atoms with van der Waals surface area (Å²) in [6, 6.07) is 15.8. The molecule has 3 aromatic carbocycles. The third-order valence-electron chi connectivity index (χ3n) is 5.02. The summed E-state index contributed by atoms with van der Waals surface area (Å²) in [5.41, 5.74) is 0.386. The van der Waals surface area contributed by atoms with E-state index in [1.165, 1.54) is 42.5 Å². The van der Waals surface area contributed by atoms with Gasteiger partial charge in [-0.25, -0.2) is 0 Å². The molecule has 0 radical (unpaired) electrons. The monoisotopic (exact) mass is 494 g/mol. The van der Waals surface area contributed by atoms with Gasteiger partial charge >= 0.3 is 6.18 Å². The first-order valence-electron chi connectivity index (χ1n) is 10.4. The predicted molar refractivity (Wildman–Crippen MR) is 123 cm³/mol. The summed E-state index contributed by atoms with van der Waals surface area (Å²) in [7, 11) is 0. The molecule has 0 aliphatic carbocycles. The molecule has 6 nitrogen and oxygen atoms in total. The number of aliphatic hydroxyl groups is 1. The van der Waals surface area contributed by atoms with Gasteiger partial charge in [-0.1, -0.05) is 41.9 Å². The summed E-state index contributed by atoms with van der Waals surface area (Å²) < 4.78 is 45.3. The molecule has 0 fully saturated rings. The third kappa shape index (κ3) is 6.93. The predicted octanol–water partition coefficient (Wildman–Crippen LogP) is 5.51. The highest BCUT2D eigenvalue weighted by Crippen LogP contribution is 2.39. The summed E-state index contributed by atoms with van der Waals surface area (Å²) in [6.07, 6.45) is -4.73. The van der Waals surface area contributed by atoms with E-state index >= 15 is 0 Å². The Hall–Kier alpha value is -3.14. The van der Waals surface area contributed by atoms with Crippen LogP contribution in [0.5, 0.6) is 5.75 Å².